The minimum atomic E-state index is -0.257. The van der Waals surface area contributed by atoms with E-state index < -0.39 is 0 Å². The van der Waals surface area contributed by atoms with Gasteiger partial charge in [-0.15, -0.1) is 0 Å². The molecule has 1 heterocycles. The molecule has 1 fully saturated rings. The number of aromatic nitrogens is 1. The highest BCUT2D eigenvalue weighted by Crippen LogP contribution is 2.46. The number of fused-ring (bicyclic) bond motifs is 1. The van der Waals surface area contributed by atoms with Crippen LogP contribution in [0.2, 0.25) is 5.02 Å². The van der Waals surface area contributed by atoms with E-state index in [4.69, 9.17) is 11.6 Å². The summed E-state index contributed by atoms with van der Waals surface area (Å²) in [5, 5.41) is 11.3. The average Bonchev–Trinajstić information content (AvgIpc) is 2.56. The van der Waals surface area contributed by atoms with Crippen LogP contribution in [0, 0.1) is 11.3 Å². The standard InChI is InChI=1S/C14H13ClN2/c1-17-8-12(14(9-16)5-2-6-14)11-4-3-10(15)7-13(11)17/h3-4,7-8H,2,5-6H2,1H3. The number of rotatable bonds is 1. The number of nitrogens with zero attached hydrogens (tertiary/aromatic N) is 2. The van der Waals surface area contributed by atoms with Crippen molar-refractivity contribution in [1.29, 1.82) is 5.26 Å². The molecule has 0 bridgehead atoms. The van der Waals surface area contributed by atoms with Crippen LogP contribution in [0.15, 0.2) is 24.4 Å². The second-order valence-corrected chi connectivity index (χ2v) is 5.30. The van der Waals surface area contributed by atoms with Crippen LogP contribution in [0.1, 0.15) is 24.8 Å². The van der Waals surface area contributed by atoms with E-state index in [-0.39, 0.29) is 5.41 Å². The SMILES string of the molecule is Cn1cc(C2(C#N)CCC2)c2ccc(Cl)cc21. The fourth-order valence-electron chi connectivity index (χ4n) is 2.71. The Morgan fingerprint density at radius 1 is 1.41 bits per heavy atom. The van der Waals surface area contributed by atoms with Gasteiger partial charge in [0.15, 0.2) is 0 Å². The van der Waals surface area contributed by atoms with Crippen LogP contribution in [-0.4, -0.2) is 4.57 Å². The van der Waals surface area contributed by atoms with Crippen molar-refractivity contribution in [1.82, 2.24) is 4.57 Å². The number of aryl methyl sites for hydroxylation is 1. The van der Waals surface area contributed by atoms with Crippen LogP contribution in [0.4, 0.5) is 0 Å². The molecule has 0 unspecified atom stereocenters. The first kappa shape index (κ1) is 10.7. The Bertz CT molecular complexity index is 629. The predicted octanol–water partition coefficient (Wildman–Crippen LogP) is 3.78. The highest BCUT2D eigenvalue weighted by molar-refractivity contribution is 6.31. The lowest BCUT2D eigenvalue weighted by Gasteiger charge is -2.35. The third kappa shape index (κ3) is 1.39. The first-order valence-electron chi connectivity index (χ1n) is 5.83. The molecule has 1 aliphatic rings. The molecule has 3 rings (SSSR count). The maximum atomic E-state index is 9.43. The third-order valence-corrected chi connectivity index (χ3v) is 4.12. The smallest absolute Gasteiger partial charge is 0.0843 e. The highest BCUT2D eigenvalue weighted by Gasteiger charge is 2.40. The molecular weight excluding hydrogens is 232 g/mol. The molecule has 0 amide bonds. The van der Waals surface area contributed by atoms with Crippen molar-refractivity contribution >= 4 is 22.5 Å². The van der Waals surface area contributed by atoms with Crippen molar-refractivity contribution in [2.45, 2.75) is 24.7 Å². The van der Waals surface area contributed by atoms with Crippen LogP contribution in [-0.2, 0) is 12.5 Å². The zero-order valence-corrected chi connectivity index (χ0v) is 10.5. The summed E-state index contributed by atoms with van der Waals surface area (Å²) in [6, 6.07) is 8.40. The maximum absolute atomic E-state index is 9.43. The zero-order chi connectivity index (χ0) is 12.0. The van der Waals surface area contributed by atoms with Crippen molar-refractivity contribution in [2.24, 2.45) is 7.05 Å². The maximum Gasteiger partial charge on any atom is 0.0843 e. The fourth-order valence-corrected chi connectivity index (χ4v) is 2.88. The summed E-state index contributed by atoms with van der Waals surface area (Å²) in [6.45, 7) is 0. The Balaban J connectivity index is 2.28. The van der Waals surface area contributed by atoms with E-state index in [9.17, 15) is 5.26 Å². The lowest BCUT2D eigenvalue weighted by molar-refractivity contribution is 0.326. The van der Waals surface area contributed by atoms with Gasteiger partial charge in [0.1, 0.15) is 0 Å². The van der Waals surface area contributed by atoms with Crippen molar-refractivity contribution in [3.05, 3.63) is 35.0 Å². The molecule has 0 atom stereocenters. The van der Waals surface area contributed by atoms with Gasteiger partial charge in [-0.2, -0.15) is 5.26 Å². The second kappa shape index (κ2) is 3.51. The summed E-state index contributed by atoms with van der Waals surface area (Å²) in [5.41, 5.74) is 2.02. The molecule has 0 spiro atoms. The molecule has 86 valence electrons. The van der Waals surface area contributed by atoms with Gasteiger partial charge in [0.2, 0.25) is 0 Å². The third-order valence-electron chi connectivity index (χ3n) is 3.89. The van der Waals surface area contributed by atoms with E-state index in [0.29, 0.717) is 0 Å². The molecule has 1 aliphatic carbocycles. The van der Waals surface area contributed by atoms with Gasteiger partial charge in [-0.3, -0.25) is 0 Å². The van der Waals surface area contributed by atoms with E-state index in [1.165, 1.54) is 5.56 Å². The second-order valence-electron chi connectivity index (χ2n) is 4.86. The number of nitriles is 1. The molecule has 2 nitrogen and oxygen atoms in total. The number of hydrogen-bond acceptors (Lipinski definition) is 1. The van der Waals surface area contributed by atoms with Gasteiger partial charge in [0, 0.05) is 29.2 Å². The van der Waals surface area contributed by atoms with E-state index in [1.807, 2.05) is 25.2 Å². The topological polar surface area (TPSA) is 28.7 Å². The minimum absolute atomic E-state index is 0.257. The van der Waals surface area contributed by atoms with E-state index in [1.54, 1.807) is 0 Å². The largest absolute Gasteiger partial charge is 0.350 e. The molecule has 2 aromatic rings. The molecule has 0 radical (unpaired) electrons. The molecule has 17 heavy (non-hydrogen) atoms. The van der Waals surface area contributed by atoms with Gasteiger partial charge in [0.05, 0.1) is 11.5 Å². The Labute approximate surface area is 105 Å². The number of benzene rings is 1. The Morgan fingerprint density at radius 2 is 2.18 bits per heavy atom. The van der Waals surface area contributed by atoms with Crippen LogP contribution in [0.5, 0.6) is 0 Å². The van der Waals surface area contributed by atoms with Gasteiger partial charge >= 0.3 is 0 Å². The average molecular weight is 245 g/mol. The van der Waals surface area contributed by atoms with Crippen molar-refractivity contribution < 1.29 is 0 Å². The molecule has 0 N–H and O–H groups in total. The lowest BCUT2D eigenvalue weighted by atomic mass is 9.65. The van der Waals surface area contributed by atoms with Crippen molar-refractivity contribution in [3.8, 4) is 6.07 Å². The molecule has 1 aromatic heterocycles. The van der Waals surface area contributed by atoms with Crippen molar-refractivity contribution in [3.63, 3.8) is 0 Å². The van der Waals surface area contributed by atoms with Gasteiger partial charge in [-0.25, -0.2) is 0 Å². The Hall–Kier alpha value is -1.46. The van der Waals surface area contributed by atoms with E-state index in [2.05, 4.69) is 16.8 Å². The van der Waals surface area contributed by atoms with Crippen LogP contribution in [0.3, 0.4) is 0 Å². The summed E-state index contributed by atoms with van der Waals surface area (Å²) in [7, 11) is 2.01. The summed E-state index contributed by atoms with van der Waals surface area (Å²) < 4.78 is 2.06. The Morgan fingerprint density at radius 3 is 2.76 bits per heavy atom. The van der Waals surface area contributed by atoms with Gasteiger partial charge < -0.3 is 4.57 Å². The molecule has 1 aromatic carbocycles. The summed E-state index contributed by atoms with van der Waals surface area (Å²) in [4.78, 5) is 0. The highest BCUT2D eigenvalue weighted by atomic mass is 35.5. The first-order chi connectivity index (χ1) is 8.16. The zero-order valence-electron chi connectivity index (χ0n) is 9.70. The quantitative estimate of drug-likeness (QED) is 0.751. The van der Waals surface area contributed by atoms with Crippen LogP contribution in [0.25, 0.3) is 10.9 Å². The van der Waals surface area contributed by atoms with Crippen LogP contribution < -0.4 is 0 Å². The molecule has 0 saturated heterocycles. The lowest BCUT2D eigenvalue weighted by Crippen LogP contribution is -2.32. The van der Waals surface area contributed by atoms with E-state index in [0.717, 1.165) is 35.2 Å². The minimum Gasteiger partial charge on any atom is -0.350 e. The Kier molecular flexibility index (Phi) is 2.21. The first-order valence-corrected chi connectivity index (χ1v) is 6.20. The number of halogens is 1. The predicted molar refractivity (Wildman–Crippen MR) is 69.1 cm³/mol. The molecule has 0 aliphatic heterocycles. The van der Waals surface area contributed by atoms with Gasteiger partial charge in [0.25, 0.3) is 0 Å². The summed E-state index contributed by atoms with van der Waals surface area (Å²) in [6.07, 6.45) is 5.19. The van der Waals surface area contributed by atoms with Crippen LogP contribution >= 0.6 is 11.6 Å². The van der Waals surface area contributed by atoms with Crippen molar-refractivity contribution in [2.75, 3.05) is 0 Å². The monoisotopic (exact) mass is 244 g/mol. The fraction of sp³-hybridized carbons (Fsp3) is 0.357. The van der Waals surface area contributed by atoms with Gasteiger partial charge in [-0.1, -0.05) is 17.7 Å². The normalized spacial score (nSPS) is 17.7. The molecule has 3 heteroatoms. The summed E-state index contributed by atoms with van der Waals surface area (Å²) >= 11 is 6.02. The van der Waals surface area contributed by atoms with Gasteiger partial charge in [-0.05, 0) is 37.0 Å². The summed E-state index contributed by atoms with van der Waals surface area (Å²) in [5.74, 6) is 0. The number of hydrogen-bond donors (Lipinski definition) is 0. The van der Waals surface area contributed by atoms with E-state index >= 15 is 0 Å². The molecule has 1 saturated carbocycles. The molecular formula is C14H13ClN2.